The van der Waals surface area contributed by atoms with Gasteiger partial charge < -0.3 is 10.6 Å². The van der Waals surface area contributed by atoms with Crippen LogP contribution in [-0.4, -0.2) is 26.1 Å². The highest BCUT2D eigenvalue weighted by atomic mass is 15.2. The quantitative estimate of drug-likeness (QED) is 0.585. The summed E-state index contributed by atoms with van der Waals surface area (Å²) in [6.45, 7) is 4.02. The van der Waals surface area contributed by atoms with Crippen LogP contribution in [0.15, 0.2) is 35.3 Å². The minimum atomic E-state index is 0.887. The maximum absolute atomic E-state index is 4.15. The average molecular weight is 219 g/mol. The molecule has 1 aromatic carbocycles. The molecule has 0 saturated carbocycles. The van der Waals surface area contributed by atoms with Crippen molar-refractivity contribution in [1.29, 1.82) is 0 Å². The van der Waals surface area contributed by atoms with Gasteiger partial charge in [-0.3, -0.25) is 4.99 Å². The smallest absolute Gasteiger partial charge is 0.190 e. The molecule has 1 rings (SSSR count). The molecule has 0 bridgehead atoms. The third-order valence-electron chi connectivity index (χ3n) is 2.31. The lowest BCUT2D eigenvalue weighted by Crippen LogP contribution is -2.38. The van der Waals surface area contributed by atoms with Crippen molar-refractivity contribution in [3.8, 4) is 0 Å². The summed E-state index contributed by atoms with van der Waals surface area (Å²) in [7, 11) is 1.80. The van der Waals surface area contributed by atoms with Gasteiger partial charge in [-0.05, 0) is 18.4 Å². The van der Waals surface area contributed by atoms with Gasteiger partial charge >= 0.3 is 0 Å². The number of hydrogen-bond donors (Lipinski definition) is 2. The van der Waals surface area contributed by atoms with Crippen LogP contribution >= 0.6 is 0 Å². The van der Waals surface area contributed by atoms with Crippen molar-refractivity contribution >= 4 is 5.96 Å². The fraction of sp³-hybridized carbons (Fsp3) is 0.462. The van der Waals surface area contributed by atoms with Gasteiger partial charge in [0.05, 0.1) is 0 Å². The molecule has 3 heteroatoms. The van der Waals surface area contributed by atoms with E-state index >= 15 is 0 Å². The second-order valence-corrected chi connectivity index (χ2v) is 3.66. The van der Waals surface area contributed by atoms with Crippen LogP contribution in [0.4, 0.5) is 0 Å². The van der Waals surface area contributed by atoms with Crippen LogP contribution in [0.1, 0.15) is 18.9 Å². The van der Waals surface area contributed by atoms with Gasteiger partial charge in [0.25, 0.3) is 0 Å². The second-order valence-electron chi connectivity index (χ2n) is 3.66. The summed E-state index contributed by atoms with van der Waals surface area (Å²) in [4.78, 5) is 4.15. The van der Waals surface area contributed by atoms with E-state index in [9.17, 15) is 0 Å². The predicted molar refractivity (Wildman–Crippen MR) is 69.8 cm³/mol. The molecule has 0 aliphatic carbocycles. The molecule has 0 aliphatic heterocycles. The first-order chi connectivity index (χ1) is 7.86. The van der Waals surface area contributed by atoms with Gasteiger partial charge in [-0.1, -0.05) is 37.3 Å². The summed E-state index contributed by atoms with van der Waals surface area (Å²) in [5, 5.41) is 6.54. The molecule has 0 amide bonds. The van der Waals surface area contributed by atoms with E-state index in [0.717, 1.165) is 31.9 Å². The molecule has 0 spiro atoms. The Kier molecular flexibility index (Phi) is 6.07. The lowest BCUT2D eigenvalue weighted by molar-refractivity contribution is 0.773. The molecule has 0 unspecified atom stereocenters. The number of guanidine groups is 1. The van der Waals surface area contributed by atoms with E-state index in [4.69, 9.17) is 0 Å². The van der Waals surface area contributed by atoms with E-state index in [2.05, 4.69) is 46.8 Å². The Labute approximate surface area is 98.0 Å². The standard InChI is InChI=1S/C13H21N3/c1-3-10-15-13(14-2)16-11-9-12-7-5-4-6-8-12/h4-8H,3,9-11H2,1-2H3,(H2,14,15,16). The zero-order chi connectivity index (χ0) is 11.6. The summed E-state index contributed by atoms with van der Waals surface area (Å²) in [5.41, 5.74) is 1.35. The van der Waals surface area contributed by atoms with E-state index in [1.807, 2.05) is 6.07 Å². The number of nitrogens with one attached hydrogen (secondary N) is 2. The van der Waals surface area contributed by atoms with Gasteiger partial charge in [0, 0.05) is 20.1 Å². The first kappa shape index (κ1) is 12.6. The van der Waals surface area contributed by atoms with E-state index in [1.54, 1.807) is 7.05 Å². The van der Waals surface area contributed by atoms with Crippen molar-refractivity contribution in [2.24, 2.45) is 4.99 Å². The van der Waals surface area contributed by atoms with Gasteiger partial charge in [-0.2, -0.15) is 0 Å². The molecule has 1 aromatic rings. The van der Waals surface area contributed by atoms with E-state index in [-0.39, 0.29) is 0 Å². The van der Waals surface area contributed by atoms with Crippen LogP contribution in [0.5, 0.6) is 0 Å². The first-order valence-corrected chi connectivity index (χ1v) is 5.85. The van der Waals surface area contributed by atoms with Crippen LogP contribution in [-0.2, 0) is 6.42 Å². The highest BCUT2D eigenvalue weighted by Crippen LogP contribution is 1.97. The minimum absolute atomic E-state index is 0.887. The fourth-order valence-corrected chi connectivity index (χ4v) is 1.43. The van der Waals surface area contributed by atoms with Crippen LogP contribution in [0, 0.1) is 0 Å². The van der Waals surface area contributed by atoms with Gasteiger partial charge in [0.2, 0.25) is 0 Å². The van der Waals surface area contributed by atoms with E-state index in [0.29, 0.717) is 0 Å². The number of aliphatic imine (C=N–C) groups is 1. The lowest BCUT2D eigenvalue weighted by atomic mass is 10.1. The number of benzene rings is 1. The van der Waals surface area contributed by atoms with Crippen LogP contribution < -0.4 is 10.6 Å². The van der Waals surface area contributed by atoms with E-state index < -0.39 is 0 Å². The van der Waals surface area contributed by atoms with Crippen LogP contribution in [0.2, 0.25) is 0 Å². The molecule has 0 aliphatic rings. The fourth-order valence-electron chi connectivity index (χ4n) is 1.43. The first-order valence-electron chi connectivity index (χ1n) is 5.85. The van der Waals surface area contributed by atoms with Crippen LogP contribution in [0.3, 0.4) is 0 Å². The second kappa shape index (κ2) is 7.74. The molecule has 0 fully saturated rings. The summed E-state index contributed by atoms with van der Waals surface area (Å²) in [6, 6.07) is 10.5. The number of nitrogens with zero attached hydrogens (tertiary/aromatic N) is 1. The maximum atomic E-state index is 4.15. The Balaban J connectivity index is 2.24. The highest BCUT2D eigenvalue weighted by molar-refractivity contribution is 5.79. The third-order valence-corrected chi connectivity index (χ3v) is 2.31. The summed E-state index contributed by atoms with van der Waals surface area (Å²) in [6.07, 6.45) is 2.13. The molecule has 0 saturated heterocycles. The van der Waals surface area contributed by atoms with Crippen molar-refractivity contribution in [3.63, 3.8) is 0 Å². The Hall–Kier alpha value is -1.51. The summed E-state index contributed by atoms with van der Waals surface area (Å²) in [5.74, 6) is 0.887. The monoisotopic (exact) mass is 219 g/mol. The highest BCUT2D eigenvalue weighted by Gasteiger charge is 1.95. The zero-order valence-corrected chi connectivity index (χ0v) is 10.2. The predicted octanol–water partition coefficient (Wildman–Crippen LogP) is 1.80. The Morgan fingerprint density at radius 1 is 1.12 bits per heavy atom. The largest absolute Gasteiger partial charge is 0.356 e. The van der Waals surface area contributed by atoms with Crippen molar-refractivity contribution in [2.45, 2.75) is 19.8 Å². The molecule has 0 aromatic heterocycles. The normalized spacial score (nSPS) is 11.2. The van der Waals surface area contributed by atoms with Gasteiger partial charge in [0.1, 0.15) is 0 Å². The maximum Gasteiger partial charge on any atom is 0.190 e. The topological polar surface area (TPSA) is 36.4 Å². The SMILES string of the molecule is CCCNC(=NC)NCCc1ccccc1. The van der Waals surface area contributed by atoms with Crippen molar-refractivity contribution < 1.29 is 0 Å². The zero-order valence-electron chi connectivity index (χ0n) is 10.2. The van der Waals surface area contributed by atoms with Crippen LogP contribution in [0.25, 0.3) is 0 Å². The molecular weight excluding hydrogens is 198 g/mol. The Morgan fingerprint density at radius 2 is 1.81 bits per heavy atom. The Bertz CT molecular complexity index is 306. The number of rotatable bonds is 5. The molecule has 0 atom stereocenters. The van der Waals surface area contributed by atoms with Crippen molar-refractivity contribution in [3.05, 3.63) is 35.9 Å². The summed E-state index contributed by atoms with van der Waals surface area (Å²) < 4.78 is 0. The summed E-state index contributed by atoms with van der Waals surface area (Å²) >= 11 is 0. The minimum Gasteiger partial charge on any atom is -0.356 e. The average Bonchev–Trinajstić information content (AvgIpc) is 2.35. The van der Waals surface area contributed by atoms with Crippen molar-refractivity contribution in [2.75, 3.05) is 20.1 Å². The number of hydrogen-bond acceptors (Lipinski definition) is 1. The molecule has 2 N–H and O–H groups in total. The van der Waals surface area contributed by atoms with E-state index in [1.165, 1.54) is 5.56 Å². The molecule has 3 nitrogen and oxygen atoms in total. The van der Waals surface area contributed by atoms with Gasteiger partial charge in [-0.25, -0.2) is 0 Å². The van der Waals surface area contributed by atoms with Crippen molar-refractivity contribution in [1.82, 2.24) is 10.6 Å². The van der Waals surface area contributed by atoms with Gasteiger partial charge in [0.15, 0.2) is 5.96 Å². The molecule has 16 heavy (non-hydrogen) atoms. The van der Waals surface area contributed by atoms with Gasteiger partial charge in [-0.15, -0.1) is 0 Å². The lowest BCUT2D eigenvalue weighted by Gasteiger charge is -2.10. The third kappa shape index (κ3) is 4.82. The molecular formula is C13H21N3. The Morgan fingerprint density at radius 3 is 2.44 bits per heavy atom. The molecule has 0 radical (unpaired) electrons. The molecule has 0 heterocycles. The molecule has 88 valence electrons.